The van der Waals surface area contributed by atoms with E-state index in [0.717, 1.165) is 46.8 Å². The number of nitrogens with one attached hydrogen (secondary N) is 1. The fourth-order valence-electron chi connectivity index (χ4n) is 4.02. The zero-order valence-corrected chi connectivity index (χ0v) is 16.9. The van der Waals surface area contributed by atoms with Gasteiger partial charge in [0.05, 0.1) is 11.8 Å². The molecule has 1 aliphatic carbocycles. The maximum Gasteiger partial charge on any atom is 0.244 e. The first kappa shape index (κ1) is 19.6. The summed E-state index contributed by atoms with van der Waals surface area (Å²) >= 11 is 1.69. The topological polar surface area (TPSA) is 79.4 Å². The highest BCUT2D eigenvalue weighted by Gasteiger charge is 2.48. The smallest absolute Gasteiger partial charge is 0.244 e. The van der Waals surface area contributed by atoms with Crippen molar-refractivity contribution in [2.24, 2.45) is 11.8 Å². The quantitative estimate of drug-likeness (QED) is 0.584. The Hall–Kier alpha value is -2.67. The molecule has 0 spiro atoms. The number of pyridine rings is 1. The van der Waals surface area contributed by atoms with E-state index in [4.69, 9.17) is 0 Å². The van der Waals surface area contributed by atoms with Crippen LogP contribution >= 0.6 is 11.8 Å². The van der Waals surface area contributed by atoms with Crippen LogP contribution in [0.3, 0.4) is 0 Å². The Balaban J connectivity index is 1.30. The van der Waals surface area contributed by atoms with Crippen LogP contribution in [0, 0.1) is 11.8 Å². The van der Waals surface area contributed by atoms with Gasteiger partial charge in [-0.3, -0.25) is 24.3 Å². The van der Waals surface area contributed by atoms with Gasteiger partial charge in [-0.05, 0) is 48.7 Å². The Bertz CT molecular complexity index is 877. The van der Waals surface area contributed by atoms with Gasteiger partial charge in [0.25, 0.3) is 0 Å². The lowest BCUT2D eigenvalue weighted by Gasteiger charge is -2.19. The molecule has 0 bridgehead atoms. The molecule has 7 heteroatoms. The molecule has 2 aromatic rings. The highest BCUT2D eigenvalue weighted by molar-refractivity contribution is 7.98. The molecule has 2 atom stereocenters. The van der Waals surface area contributed by atoms with E-state index in [0.29, 0.717) is 5.69 Å². The van der Waals surface area contributed by atoms with E-state index in [2.05, 4.69) is 10.3 Å². The van der Waals surface area contributed by atoms with Gasteiger partial charge in [0.2, 0.25) is 17.7 Å². The van der Waals surface area contributed by atoms with Crippen LogP contribution in [0.5, 0.6) is 0 Å². The van der Waals surface area contributed by atoms with E-state index in [1.165, 1.54) is 0 Å². The van der Waals surface area contributed by atoms with Crippen LogP contribution in [0.1, 0.15) is 31.2 Å². The minimum absolute atomic E-state index is 0.183. The third-order valence-corrected chi connectivity index (χ3v) is 6.58. The van der Waals surface area contributed by atoms with E-state index in [9.17, 15) is 14.4 Å². The molecule has 2 fully saturated rings. The van der Waals surface area contributed by atoms with Gasteiger partial charge in [0.15, 0.2) is 0 Å². The van der Waals surface area contributed by atoms with Crippen LogP contribution < -0.4 is 5.32 Å². The van der Waals surface area contributed by atoms with Crippen molar-refractivity contribution < 1.29 is 14.4 Å². The predicted molar refractivity (Wildman–Crippen MR) is 111 cm³/mol. The minimum Gasteiger partial charge on any atom is -0.325 e. The number of amides is 3. The van der Waals surface area contributed by atoms with E-state index in [1.54, 1.807) is 18.0 Å². The Labute approximate surface area is 174 Å². The summed E-state index contributed by atoms with van der Waals surface area (Å²) in [5.74, 6) is -0.336. The highest BCUT2D eigenvalue weighted by Crippen LogP contribution is 2.37. The molecular weight excluding hydrogens is 386 g/mol. The standard InChI is InChI=1S/C22H23N3O3S/c26-20(13-25-21(27)18-5-1-2-6-19(18)22(25)28)24-16-7-9-17(10-8-16)29-14-15-4-3-11-23-12-15/h3-4,7-12,18-19H,1-2,5-6,13-14H2,(H,24,26)/t18-,19-/m1/s1. The summed E-state index contributed by atoms with van der Waals surface area (Å²) in [5, 5.41) is 2.79. The largest absolute Gasteiger partial charge is 0.325 e. The van der Waals surface area contributed by atoms with Crippen molar-refractivity contribution in [1.82, 2.24) is 9.88 Å². The number of aromatic nitrogens is 1. The van der Waals surface area contributed by atoms with Gasteiger partial charge in [-0.2, -0.15) is 0 Å². The molecule has 2 heterocycles. The second-order valence-electron chi connectivity index (χ2n) is 7.48. The van der Waals surface area contributed by atoms with E-state index in [1.807, 2.05) is 42.6 Å². The SMILES string of the molecule is O=C(CN1C(=O)[C@@H]2CCCC[C@H]2C1=O)Nc1ccc(SCc2cccnc2)cc1. The number of rotatable bonds is 6. The third kappa shape index (κ3) is 4.50. The number of carbonyl (C=O) groups excluding carboxylic acids is 3. The number of carbonyl (C=O) groups is 3. The molecule has 1 saturated carbocycles. The van der Waals surface area contributed by atoms with E-state index < -0.39 is 0 Å². The van der Waals surface area contributed by atoms with Crippen LogP contribution in [-0.2, 0) is 20.1 Å². The second-order valence-corrected chi connectivity index (χ2v) is 8.53. The van der Waals surface area contributed by atoms with Gasteiger partial charge < -0.3 is 5.32 Å². The van der Waals surface area contributed by atoms with Crippen LogP contribution in [-0.4, -0.2) is 34.2 Å². The van der Waals surface area contributed by atoms with Gasteiger partial charge in [-0.15, -0.1) is 11.8 Å². The fourth-order valence-corrected chi connectivity index (χ4v) is 4.85. The molecule has 150 valence electrons. The van der Waals surface area contributed by atoms with Crippen LogP contribution in [0.4, 0.5) is 5.69 Å². The van der Waals surface area contributed by atoms with Crippen molar-refractivity contribution >= 4 is 35.2 Å². The summed E-state index contributed by atoms with van der Waals surface area (Å²) in [7, 11) is 0. The summed E-state index contributed by atoms with van der Waals surface area (Å²) in [4.78, 5) is 43.7. The van der Waals surface area contributed by atoms with Crippen molar-refractivity contribution in [3.63, 3.8) is 0 Å². The first-order valence-electron chi connectivity index (χ1n) is 9.88. The number of fused-ring (bicyclic) bond motifs is 1. The number of nitrogens with zero attached hydrogens (tertiary/aromatic N) is 2. The number of hydrogen-bond donors (Lipinski definition) is 1. The average Bonchev–Trinajstić information content (AvgIpc) is 2.99. The molecule has 4 rings (SSSR count). The monoisotopic (exact) mass is 409 g/mol. The molecule has 1 aromatic carbocycles. The van der Waals surface area contributed by atoms with Gasteiger partial charge in [-0.25, -0.2) is 0 Å². The van der Waals surface area contributed by atoms with Crippen molar-refractivity contribution in [2.45, 2.75) is 36.3 Å². The number of hydrogen-bond acceptors (Lipinski definition) is 5. The summed E-state index contributed by atoms with van der Waals surface area (Å²) in [6.07, 6.45) is 7.06. The second kappa shape index (κ2) is 8.78. The molecule has 29 heavy (non-hydrogen) atoms. The molecule has 3 amide bonds. The summed E-state index contributed by atoms with van der Waals surface area (Å²) in [6, 6.07) is 11.5. The van der Waals surface area contributed by atoms with E-state index >= 15 is 0 Å². The molecule has 0 unspecified atom stereocenters. The van der Waals surface area contributed by atoms with E-state index in [-0.39, 0.29) is 36.1 Å². The molecule has 1 aliphatic heterocycles. The van der Waals surface area contributed by atoms with Gasteiger partial charge in [-0.1, -0.05) is 18.9 Å². The maximum atomic E-state index is 12.5. The predicted octanol–water partition coefficient (Wildman–Crippen LogP) is 3.49. The van der Waals surface area contributed by atoms with Gasteiger partial charge in [0.1, 0.15) is 6.54 Å². The normalized spacial score (nSPS) is 21.2. The first-order chi connectivity index (χ1) is 14.1. The average molecular weight is 410 g/mol. The summed E-state index contributed by atoms with van der Waals surface area (Å²) in [5.41, 5.74) is 1.80. The highest BCUT2D eigenvalue weighted by atomic mass is 32.2. The fraction of sp³-hybridized carbons (Fsp3) is 0.364. The number of benzene rings is 1. The third-order valence-electron chi connectivity index (χ3n) is 5.50. The lowest BCUT2D eigenvalue weighted by molar-refractivity contribution is -0.142. The minimum atomic E-state index is -0.346. The molecule has 0 radical (unpaired) electrons. The van der Waals surface area contributed by atoms with Gasteiger partial charge >= 0.3 is 0 Å². The molecule has 1 N–H and O–H groups in total. The number of thioether (sulfide) groups is 1. The lowest BCUT2D eigenvalue weighted by atomic mass is 9.81. The Morgan fingerprint density at radius 2 is 1.76 bits per heavy atom. The molecule has 1 saturated heterocycles. The molecule has 2 aliphatic rings. The summed E-state index contributed by atoms with van der Waals surface area (Å²) < 4.78 is 0. The van der Waals surface area contributed by atoms with Gasteiger partial charge in [0, 0.05) is 28.7 Å². The van der Waals surface area contributed by atoms with Crippen molar-refractivity contribution in [3.8, 4) is 0 Å². The lowest BCUT2D eigenvalue weighted by Crippen LogP contribution is -2.38. The Morgan fingerprint density at radius 3 is 2.38 bits per heavy atom. The molecular formula is C22H23N3O3S. The number of imide groups is 1. The summed E-state index contributed by atoms with van der Waals surface area (Å²) in [6.45, 7) is -0.206. The zero-order valence-electron chi connectivity index (χ0n) is 16.0. The Kier molecular flexibility index (Phi) is 5.94. The van der Waals surface area contributed by atoms with Crippen LogP contribution in [0.2, 0.25) is 0 Å². The molecule has 6 nitrogen and oxygen atoms in total. The van der Waals surface area contributed by atoms with Crippen molar-refractivity contribution in [1.29, 1.82) is 0 Å². The maximum absolute atomic E-state index is 12.5. The first-order valence-corrected chi connectivity index (χ1v) is 10.9. The number of likely N-dealkylation sites (tertiary alicyclic amines) is 1. The van der Waals surface area contributed by atoms with Crippen molar-refractivity contribution in [3.05, 3.63) is 54.4 Å². The van der Waals surface area contributed by atoms with Crippen LogP contribution in [0.25, 0.3) is 0 Å². The van der Waals surface area contributed by atoms with Crippen LogP contribution in [0.15, 0.2) is 53.7 Å². The molecule has 1 aromatic heterocycles. The number of anilines is 1. The zero-order chi connectivity index (χ0) is 20.2. The Morgan fingerprint density at radius 1 is 1.07 bits per heavy atom. The van der Waals surface area contributed by atoms with Crippen molar-refractivity contribution in [2.75, 3.05) is 11.9 Å².